The van der Waals surface area contributed by atoms with Gasteiger partial charge in [-0.15, -0.1) is 0 Å². The molecular weight excluding hydrogens is 266 g/mol. The lowest BCUT2D eigenvalue weighted by Crippen LogP contribution is -2.33. The number of aryl methyl sites for hydroxylation is 1. The van der Waals surface area contributed by atoms with Gasteiger partial charge in [0.2, 0.25) is 0 Å². The van der Waals surface area contributed by atoms with Gasteiger partial charge in [0, 0.05) is 32.0 Å². The Morgan fingerprint density at radius 1 is 1.48 bits per heavy atom. The molecule has 0 radical (unpaired) electrons. The van der Waals surface area contributed by atoms with Crippen LogP contribution in [0.5, 0.6) is 0 Å². The number of carboxylic acids is 1. The lowest BCUT2D eigenvalue weighted by molar-refractivity contribution is -0.131. The van der Waals surface area contributed by atoms with Crippen LogP contribution in [0.3, 0.4) is 0 Å². The van der Waals surface area contributed by atoms with Gasteiger partial charge >= 0.3 is 5.97 Å². The third-order valence-electron chi connectivity index (χ3n) is 3.75. The molecule has 1 aromatic carbocycles. The number of anilines is 1. The highest BCUT2D eigenvalue weighted by atomic mass is 16.5. The van der Waals surface area contributed by atoms with Crippen molar-refractivity contribution in [2.24, 2.45) is 0 Å². The summed E-state index contributed by atoms with van der Waals surface area (Å²) in [4.78, 5) is 12.9. The molecule has 0 aromatic heterocycles. The van der Waals surface area contributed by atoms with E-state index in [1.54, 1.807) is 6.08 Å². The van der Waals surface area contributed by atoms with Gasteiger partial charge in [0.25, 0.3) is 0 Å². The molecule has 0 amide bonds. The Morgan fingerprint density at radius 2 is 2.29 bits per heavy atom. The molecule has 114 valence electrons. The van der Waals surface area contributed by atoms with Gasteiger partial charge in [-0.2, -0.15) is 0 Å². The molecular formula is C17H23NO3. The summed E-state index contributed by atoms with van der Waals surface area (Å²) in [5.74, 6) is -0.930. The lowest BCUT2D eigenvalue weighted by atomic mass is 10.1. The van der Waals surface area contributed by atoms with E-state index in [-0.39, 0.29) is 6.10 Å². The summed E-state index contributed by atoms with van der Waals surface area (Å²) in [7, 11) is 2.03. The maximum Gasteiger partial charge on any atom is 0.328 e. The van der Waals surface area contributed by atoms with Crippen LogP contribution < -0.4 is 4.90 Å². The molecule has 4 heteroatoms. The molecule has 1 aliphatic heterocycles. The van der Waals surface area contributed by atoms with Crippen molar-refractivity contribution in [2.45, 2.75) is 32.3 Å². The van der Waals surface area contributed by atoms with Crippen molar-refractivity contribution in [2.75, 3.05) is 25.1 Å². The van der Waals surface area contributed by atoms with Crippen molar-refractivity contribution in [3.8, 4) is 0 Å². The fourth-order valence-corrected chi connectivity index (χ4v) is 2.67. The van der Waals surface area contributed by atoms with E-state index < -0.39 is 5.97 Å². The van der Waals surface area contributed by atoms with Crippen LogP contribution in [0.4, 0.5) is 5.69 Å². The molecule has 1 aliphatic rings. The maximum atomic E-state index is 10.7. The molecule has 1 fully saturated rings. The first-order valence-electron chi connectivity index (χ1n) is 7.40. The zero-order chi connectivity index (χ0) is 15.2. The summed E-state index contributed by atoms with van der Waals surface area (Å²) < 4.78 is 5.78. The van der Waals surface area contributed by atoms with Crippen LogP contribution >= 0.6 is 0 Å². The monoisotopic (exact) mass is 289 g/mol. The summed E-state index contributed by atoms with van der Waals surface area (Å²) in [5, 5.41) is 8.81. The van der Waals surface area contributed by atoms with Crippen LogP contribution in [0.1, 0.15) is 30.4 Å². The van der Waals surface area contributed by atoms with Crippen LogP contribution in [0, 0.1) is 6.92 Å². The first kappa shape index (κ1) is 15.6. The van der Waals surface area contributed by atoms with Crippen molar-refractivity contribution in [1.82, 2.24) is 0 Å². The topological polar surface area (TPSA) is 49.8 Å². The standard InChI is InChI=1S/C17H23NO3/c1-13-6-8-16(14(11-13)7-9-17(19)20)18(2)12-15-5-3-4-10-21-15/h6-9,11,15H,3-5,10,12H2,1-2H3,(H,19,20)/b9-7+. The average molecular weight is 289 g/mol. The van der Waals surface area contributed by atoms with Crippen molar-refractivity contribution in [3.05, 3.63) is 35.4 Å². The number of carbonyl (C=O) groups is 1. The highest BCUT2D eigenvalue weighted by Crippen LogP contribution is 2.24. The zero-order valence-corrected chi connectivity index (χ0v) is 12.7. The summed E-state index contributed by atoms with van der Waals surface area (Å²) in [6.45, 7) is 3.68. The van der Waals surface area contributed by atoms with Crippen molar-refractivity contribution in [1.29, 1.82) is 0 Å². The van der Waals surface area contributed by atoms with Gasteiger partial charge in [-0.05, 0) is 50.0 Å². The Morgan fingerprint density at radius 3 is 2.95 bits per heavy atom. The van der Waals surface area contributed by atoms with Crippen LogP contribution in [-0.4, -0.2) is 37.4 Å². The normalized spacial score (nSPS) is 18.9. The largest absolute Gasteiger partial charge is 0.478 e. The van der Waals surface area contributed by atoms with Crippen molar-refractivity contribution >= 4 is 17.7 Å². The van der Waals surface area contributed by atoms with E-state index in [9.17, 15) is 4.79 Å². The molecule has 1 unspecified atom stereocenters. The maximum absolute atomic E-state index is 10.7. The predicted molar refractivity (Wildman–Crippen MR) is 84.7 cm³/mol. The SMILES string of the molecule is Cc1ccc(N(C)CC2CCCCO2)c(/C=C/C(=O)O)c1. The van der Waals surface area contributed by atoms with E-state index in [0.29, 0.717) is 0 Å². The van der Waals surface area contributed by atoms with Crippen LogP contribution in [0.2, 0.25) is 0 Å². The van der Waals surface area contributed by atoms with E-state index in [1.165, 1.54) is 12.5 Å². The molecule has 1 heterocycles. The molecule has 2 rings (SSSR count). The summed E-state index contributed by atoms with van der Waals surface area (Å²) in [6.07, 6.45) is 6.57. The molecule has 0 bridgehead atoms. The quantitative estimate of drug-likeness (QED) is 0.846. The second-order valence-electron chi connectivity index (χ2n) is 5.60. The highest BCUT2D eigenvalue weighted by Gasteiger charge is 2.17. The molecule has 0 aliphatic carbocycles. The number of benzene rings is 1. The van der Waals surface area contributed by atoms with Crippen LogP contribution in [-0.2, 0) is 9.53 Å². The van der Waals surface area contributed by atoms with Crippen LogP contribution in [0.15, 0.2) is 24.3 Å². The highest BCUT2D eigenvalue weighted by molar-refractivity contribution is 5.87. The number of hydrogen-bond donors (Lipinski definition) is 1. The minimum absolute atomic E-state index is 0.265. The smallest absolute Gasteiger partial charge is 0.328 e. The number of hydrogen-bond acceptors (Lipinski definition) is 3. The summed E-state index contributed by atoms with van der Waals surface area (Å²) >= 11 is 0. The number of nitrogens with zero attached hydrogens (tertiary/aromatic N) is 1. The number of rotatable bonds is 5. The van der Waals surface area contributed by atoms with E-state index >= 15 is 0 Å². The summed E-state index contributed by atoms with van der Waals surface area (Å²) in [6, 6.07) is 6.10. The summed E-state index contributed by atoms with van der Waals surface area (Å²) in [5.41, 5.74) is 3.08. The average Bonchev–Trinajstić information content (AvgIpc) is 2.46. The van der Waals surface area contributed by atoms with Gasteiger partial charge in [0.1, 0.15) is 0 Å². The Kier molecular flexibility index (Phi) is 5.39. The number of carboxylic acid groups (broad SMARTS) is 1. The van der Waals surface area contributed by atoms with E-state index in [4.69, 9.17) is 9.84 Å². The van der Waals surface area contributed by atoms with Crippen LogP contribution in [0.25, 0.3) is 6.08 Å². The minimum Gasteiger partial charge on any atom is -0.478 e. The number of aliphatic carboxylic acids is 1. The zero-order valence-electron chi connectivity index (χ0n) is 12.7. The minimum atomic E-state index is -0.930. The first-order chi connectivity index (χ1) is 10.1. The molecule has 21 heavy (non-hydrogen) atoms. The Hall–Kier alpha value is -1.81. The second-order valence-corrected chi connectivity index (χ2v) is 5.60. The Labute approximate surface area is 126 Å². The van der Waals surface area contributed by atoms with E-state index in [2.05, 4.69) is 4.90 Å². The van der Waals surface area contributed by atoms with E-state index in [1.807, 2.05) is 32.2 Å². The third kappa shape index (κ3) is 4.60. The second kappa shape index (κ2) is 7.27. The first-order valence-corrected chi connectivity index (χ1v) is 7.40. The van der Waals surface area contributed by atoms with Gasteiger partial charge in [-0.25, -0.2) is 4.79 Å². The molecule has 1 N–H and O–H groups in total. The fourth-order valence-electron chi connectivity index (χ4n) is 2.67. The number of likely N-dealkylation sites (N-methyl/N-ethyl adjacent to an activating group) is 1. The van der Waals surface area contributed by atoms with Crippen molar-refractivity contribution < 1.29 is 14.6 Å². The number of ether oxygens (including phenoxy) is 1. The van der Waals surface area contributed by atoms with Gasteiger partial charge in [-0.3, -0.25) is 0 Å². The van der Waals surface area contributed by atoms with Gasteiger partial charge in [0.05, 0.1) is 6.10 Å². The Balaban J connectivity index is 2.14. The molecule has 0 spiro atoms. The molecule has 0 saturated carbocycles. The molecule has 1 aromatic rings. The van der Waals surface area contributed by atoms with Gasteiger partial charge in [-0.1, -0.05) is 11.6 Å². The van der Waals surface area contributed by atoms with E-state index in [0.717, 1.165) is 42.8 Å². The van der Waals surface area contributed by atoms with Gasteiger partial charge < -0.3 is 14.7 Å². The van der Waals surface area contributed by atoms with Gasteiger partial charge in [0.15, 0.2) is 0 Å². The lowest BCUT2D eigenvalue weighted by Gasteiger charge is -2.29. The molecule has 1 saturated heterocycles. The Bertz CT molecular complexity index is 519. The molecule has 4 nitrogen and oxygen atoms in total. The molecule has 1 atom stereocenters. The van der Waals surface area contributed by atoms with Crippen molar-refractivity contribution in [3.63, 3.8) is 0 Å². The predicted octanol–water partition coefficient (Wildman–Crippen LogP) is 3.10. The fraction of sp³-hybridized carbons (Fsp3) is 0.471. The third-order valence-corrected chi connectivity index (χ3v) is 3.75.